The lowest BCUT2D eigenvalue weighted by Gasteiger charge is -2.03. The van der Waals surface area contributed by atoms with Gasteiger partial charge in [0.25, 0.3) is 0 Å². The first-order valence-electron chi connectivity index (χ1n) is 7.77. The predicted molar refractivity (Wildman–Crippen MR) is 87.0 cm³/mol. The molecule has 1 N–H and O–H groups in total. The molecule has 0 bridgehead atoms. The molecule has 1 aromatic carbocycles. The molecule has 0 saturated carbocycles. The van der Waals surface area contributed by atoms with E-state index in [1.54, 1.807) is 10.8 Å². The van der Waals surface area contributed by atoms with Crippen molar-refractivity contribution >= 4 is 12.0 Å². The molecule has 1 aromatic heterocycles. The third-order valence-corrected chi connectivity index (χ3v) is 3.82. The van der Waals surface area contributed by atoms with E-state index in [1.807, 2.05) is 25.3 Å². The lowest BCUT2D eigenvalue weighted by Crippen LogP contribution is -2.22. The minimum absolute atomic E-state index is 0.0836. The van der Waals surface area contributed by atoms with Gasteiger partial charge in [-0.3, -0.25) is 9.48 Å². The van der Waals surface area contributed by atoms with Gasteiger partial charge >= 0.3 is 0 Å². The fraction of sp³-hybridized carbons (Fsp3) is 0.353. The number of hydrogen-bond acceptors (Lipinski definition) is 4. The van der Waals surface area contributed by atoms with Gasteiger partial charge in [0.05, 0.1) is 6.61 Å². The Hall–Kier alpha value is -2.63. The van der Waals surface area contributed by atoms with Crippen LogP contribution in [0.15, 0.2) is 30.6 Å². The molecular formula is C17H20N4O2. The maximum atomic E-state index is 11.8. The number of aromatic nitrogens is 3. The second-order valence-corrected chi connectivity index (χ2v) is 5.49. The van der Waals surface area contributed by atoms with E-state index >= 15 is 0 Å². The molecule has 0 fully saturated rings. The van der Waals surface area contributed by atoms with E-state index in [-0.39, 0.29) is 5.91 Å². The summed E-state index contributed by atoms with van der Waals surface area (Å²) < 4.78 is 7.22. The summed E-state index contributed by atoms with van der Waals surface area (Å²) in [5, 5.41) is 6.90. The summed E-state index contributed by atoms with van der Waals surface area (Å²) in [7, 11) is 1.87. The van der Waals surface area contributed by atoms with Crippen LogP contribution in [0.5, 0.6) is 5.75 Å². The van der Waals surface area contributed by atoms with Crippen LogP contribution in [0.3, 0.4) is 0 Å². The molecule has 0 aliphatic carbocycles. The minimum atomic E-state index is -0.0836. The van der Waals surface area contributed by atoms with Crippen molar-refractivity contribution in [2.45, 2.75) is 19.3 Å². The van der Waals surface area contributed by atoms with E-state index in [4.69, 9.17) is 4.74 Å². The summed E-state index contributed by atoms with van der Waals surface area (Å²) in [6, 6.07) is 5.99. The number of nitrogens with zero attached hydrogens (tertiary/aromatic N) is 3. The second kappa shape index (κ2) is 7.09. The van der Waals surface area contributed by atoms with Crippen molar-refractivity contribution in [3.8, 4) is 5.75 Å². The van der Waals surface area contributed by atoms with Crippen LogP contribution < -0.4 is 10.1 Å². The minimum Gasteiger partial charge on any atom is -0.493 e. The van der Waals surface area contributed by atoms with Crippen LogP contribution in [-0.4, -0.2) is 33.8 Å². The van der Waals surface area contributed by atoms with E-state index < -0.39 is 0 Å². The Kier molecular flexibility index (Phi) is 4.71. The second-order valence-electron chi connectivity index (χ2n) is 5.49. The number of aryl methyl sites for hydroxylation is 2. The molecule has 120 valence electrons. The number of fused-ring (bicyclic) bond motifs is 1. The van der Waals surface area contributed by atoms with Crippen LogP contribution in [0, 0.1) is 0 Å². The zero-order chi connectivity index (χ0) is 16.1. The molecule has 3 rings (SSSR count). The maximum absolute atomic E-state index is 11.8. The molecule has 6 nitrogen and oxygen atoms in total. The van der Waals surface area contributed by atoms with E-state index in [9.17, 15) is 4.79 Å². The monoisotopic (exact) mass is 312 g/mol. The lowest BCUT2D eigenvalue weighted by molar-refractivity contribution is -0.116. The molecule has 0 radical (unpaired) electrons. The van der Waals surface area contributed by atoms with Crippen molar-refractivity contribution in [3.63, 3.8) is 0 Å². The summed E-state index contributed by atoms with van der Waals surface area (Å²) in [6.45, 7) is 1.36. The Morgan fingerprint density at radius 2 is 2.39 bits per heavy atom. The van der Waals surface area contributed by atoms with Gasteiger partial charge in [0.15, 0.2) is 0 Å². The van der Waals surface area contributed by atoms with Crippen LogP contribution in [-0.2, 0) is 24.7 Å². The molecule has 23 heavy (non-hydrogen) atoms. The van der Waals surface area contributed by atoms with Gasteiger partial charge in [-0.25, -0.2) is 4.98 Å². The molecule has 0 saturated heterocycles. The van der Waals surface area contributed by atoms with Gasteiger partial charge in [-0.2, -0.15) is 5.10 Å². The van der Waals surface area contributed by atoms with E-state index in [2.05, 4.69) is 21.5 Å². The topological polar surface area (TPSA) is 69.0 Å². The van der Waals surface area contributed by atoms with E-state index in [0.717, 1.165) is 43.0 Å². The first-order chi connectivity index (χ1) is 11.2. The third-order valence-electron chi connectivity index (χ3n) is 3.82. The number of benzene rings is 1. The van der Waals surface area contributed by atoms with Gasteiger partial charge in [0.1, 0.15) is 17.9 Å². The van der Waals surface area contributed by atoms with Crippen molar-refractivity contribution in [1.82, 2.24) is 20.1 Å². The van der Waals surface area contributed by atoms with Crippen molar-refractivity contribution in [3.05, 3.63) is 47.6 Å². The summed E-state index contributed by atoms with van der Waals surface area (Å²) in [5.41, 5.74) is 2.22. The highest BCUT2D eigenvalue weighted by molar-refractivity contribution is 5.91. The summed E-state index contributed by atoms with van der Waals surface area (Å²) in [5.74, 6) is 1.80. The lowest BCUT2D eigenvalue weighted by atomic mass is 10.1. The number of carbonyl (C=O) groups is 1. The standard InChI is InChI=1S/C17H20N4O2/c1-21-16(19-12-20-21)3-2-9-18-17(22)7-5-13-4-6-15-14(11-13)8-10-23-15/h4-7,11-12H,2-3,8-10H2,1H3,(H,18,22). The SMILES string of the molecule is Cn1ncnc1CCCNC(=O)C=Cc1ccc2c(c1)CCO2. The smallest absolute Gasteiger partial charge is 0.243 e. The summed E-state index contributed by atoms with van der Waals surface area (Å²) >= 11 is 0. The largest absolute Gasteiger partial charge is 0.493 e. The highest BCUT2D eigenvalue weighted by Crippen LogP contribution is 2.26. The van der Waals surface area contributed by atoms with E-state index in [1.165, 1.54) is 11.9 Å². The zero-order valence-corrected chi connectivity index (χ0v) is 13.2. The molecule has 6 heteroatoms. The summed E-state index contributed by atoms with van der Waals surface area (Å²) in [6.07, 6.45) is 7.51. The molecule has 0 spiro atoms. The number of rotatable bonds is 6. The van der Waals surface area contributed by atoms with Gasteiger partial charge < -0.3 is 10.1 Å². The Balaban J connectivity index is 1.43. The fourth-order valence-electron chi connectivity index (χ4n) is 2.55. The van der Waals surface area contributed by atoms with Crippen LogP contribution in [0.25, 0.3) is 6.08 Å². The molecular weight excluding hydrogens is 292 g/mol. The molecule has 1 aliphatic heterocycles. The van der Waals surface area contributed by atoms with Crippen molar-refractivity contribution in [2.75, 3.05) is 13.2 Å². The number of nitrogens with one attached hydrogen (secondary N) is 1. The Morgan fingerprint density at radius 1 is 1.48 bits per heavy atom. The first-order valence-corrected chi connectivity index (χ1v) is 7.77. The highest BCUT2D eigenvalue weighted by atomic mass is 16.5. The third kappa shape index (κ3) is 3.97. The van der Waals surface area contributed by atoms with Gasteiger partial charge in [-0.05, 0) is 35.8 Å². The maximum Gasteiger partial charge on any atom is 0.243 e. The zero-order valence-electron chi connectivity index (χ0n) is 13.2. The highest BCUT2D eigenvalue weighted by Gasteiger charge is 2.11. The Morgan fingerprint density at radius 3 is 3.22 bits per heavy atom. The average Bonchev–Trinajstić information content (AvgIpc) is 3.18. The van der Waals surface area contributed by atoms with Crippen LogP contribution >= 0.6 is 0 Å². The van der Waals surface area contributed by atoms with E-state index in [0.29, 0.717) is 6.54 Å². The van der Waals surface area contributed by atoms with Crippen LogP contribution in [0.1, 0.15) is 23.4 Å². The average molecular weight is 312 g/mol. The van der Waals surface area contributed by atoms with Crippen LogP contribution in [0.2, 0.25) is 0 Å². The van der Waals surface area contributed by atoms with Gasteiger partial charge in [-0.1, -0.05) is 6.07 Å². The number of amides is 1. The van der Waals surface area contributed by atoms with Crippen molar-refractivity contribution in [1.29, 1.82) is 0 Å². The van der Waals surface area contributed by atoms with Crippen molar-refractivity contribution < 1.29 is 9.53 Å². The Labute approximate surface area is 135 Å². The number of carbonyl (C=O) groups excluding carboxylic acids is 1. The van der Waals surface area contributed by atoms with Gasteiger partial charge in [0.2, 0.25) is 5.91 Å². The van der Waals surface area contributed by atoms with Gasteiger partial charge in [-0.15, -0.1) is 0 Å². The normalized spacial score (nSPS) is 13.1. The van der Waals surface area contributed by atoms with Crippen LogP contribution in [0.4, 0.5) is 0 Å². The molecule has 0 unspecified atom stereocenters. The van der Waals surface area contributed by atoms with Crippen molar-refractivity contribution in [2.24, 2.45) is 7.05 Å². The fourth-order valence-corrected chi connectivity index (χ4v) is 2.55. The molecule has 0 atom stereocenters. The molecule has 1 amide bonds. The quantitative estimate of drug-likeness (QED) is 0.648. The number of hydrogen-bond donors (Lipinski definition) is 1. The Bertz CT molecular complexity index is 721. The molecule has 2 aromatic rings. The molecule has 1 aliphatic rings. The predicted octanol–water partition coefficient (Wildman–Crippen LogP) is 1.51. The molecule has 2 heterocycles. The summed E-state index contributed by atoms with van der Waals surface area (Å²) in [4.78, 5) is 16.0. The first kappa shape index (κ1) is 15.3. The number of ether oxygens (including phenoxy) is 1. The van der Waals surface area contributed by atoms with Gasteiger partial charge in [0, 0.05) is 32.5 Å².